The van der Waals surface area contributed by atoms with Gasteiger partial charge in [0.25, 0.3) is 0 Å². The minimum Gasteiger partial charge on any atom is -0.324 e. The molecule has 0 fully saturated rings. The summed E-state index contributed by atoms with van der Waals surface area (Å²) in [5.74, 6) is 0.548. The molecule has 0 aromatic heterocycles. The smallest absolute Gasteiger partial charge is 0.324 e. The molecule has 0 radical (unpaired) electrons. The van der Waals surface area contributed by atoms with E-state index >= 15 is 0 Å². The molecular formula is C16H24F3N. The molecule has 0 bridgehead atoms. The first kappa shape index (κ1) is 17.0. The molecule has 2 N–H and O–H groups in total. The molecule has 0 spiro atoms. The fraction of sp³-hybridized carbons (Fsp3) is 0.625. The lowest BCUT2D eigenvalue weighted by Gasteiger charge is -2.20. The van der Waals surface area contributed by atoms with Crippen LogP contribution in [0.3, 0.4) is 0 Å². The lowest BCUT2D eigenvalue weighted by molar-refractivity contribution is -0.137. The van der Waals surface area contributed by atoms with Crippen LogP contribution in [0.1, 0.15) is 63.1 Å². The van der Waals surface area contributed by atoms with Gasteiger partial charge in [-0.3, -0.25) is 0 Å². The van der Waals surface area contributed by atoms with E-state index in [0.29, 0.717) is 5.92 Å². The molecule has 0 aliphatic rings. The average Bonchev–Trinajstić information content (AvgIpc) is 2.42. The van der Waals surface area contributed by atoms with Crippen molar-refractivity contribution in [3.8, 4) is 0 Å². The molecule has 1 rings (SSSR count). The van der Waals surface area contributed by atoms with E-state index in [1.807, 2.05) is 0 Å². The number of rotatable bonds is 7. The van der Waals surface area contributed by atoms with Gasteiger partial charge in [0.15, 0.2) is 0 Å². The van der Waals surface area contributed by atoms with Crippen LogP contribution in [0.25, 0.3) is 0 Å². The summed E-state index contributed by atoms with van der Waals surface area (Å²) in [4.78, 5) is 0. The molecule has 0 amide bonds. The average molecular weight is 287 g/mol. The lowest BCUT2D eigenvalue weighted by Crippen LogP contribution is -2.16. The van der Waals surface area contributed by atoms with Crippen LogP contribution in [0.4, 0.5) is 13.2 Å². The highest BCUT2D eigenvalue weighted by Crippen LogP contribution is 2.31. The first-order valence-electron chi connectivity index (χ1n) is 7.31. The number of hydrogen-bond donors (Lipinski definition) is 1. The molecule has 0 heterocycles. The largest absolute Gasteiger partial charge is 0.416 e. The Morgan fingerprint density at radius 3 is 2.15 bits per heavy atom. The second kappa shape index (κ2) is 7.67. The quantitative estimate of drug-likeness (QED) is 0.722. The van der Waals surface area contributed by atoms with Crippen LogP contribution >= 0.6 is 0 Å². The maximum absolute atomic E-state index is 12.5. The third kappa shape index (κ3) is 5.16. The fourth-order valence-electron chi connectivity index (χ4n) is 2.40. The van der Waals surface area contributed by atoms with Crippen molar-refractivity contribution in [2.45, 2.75) is 58.2 Å². The van der Waals surface area contributed by atoms with Gasteiger partial charge in [-0.1, -0.05) is 51.7 Å². The van der Waals surface area contributed by atoms with Gasteiger partial charge in [0, 0.05) is 6.04 Å². The van der Waals surface area contributed by atoms with Gasteiger partial charge in [-0.05, 0) is 30.0 Å². The van der Waals surface area contributed by atoms with Crippen molar-refractivity contribution >= 4 is 0 Å². The molecule has 1 nitrogen and oxygen atoms in total. The molecular weight excluding hydrogens is 263 g/mol. The Morgan fingerprint density at radius 1 is 1.10 bits per heavy atom. The first-order chi connectivity index (χ1) is 9.38. The number of alkyl halides is 3. The summed E-state index contributed by atoms with van der Waals surface area (Å²) in [5.41, 5.74) is 6.29. The predicted molar refractivity (Wildman–Crippen MR) is 76.3 cm³/mol. The minimum absolute atomic E-state index is 0.181. The van der Waals surface area contributed by atoms with E-state index < -0.39 is 11.7 Å². The zero-order chi connectivity index (χ0) is 15.2. The highest BCUT2D eigenvalue weighted by molar-refractivity contribution is 5.26. The molecule has 0 aliphatic carbocycles. The second-order valence-electron chi connectivity index (χ2n) is 5.38. The van der Waals surface area contributed by atoms with Gasteiger partial charge < -0.3 is 5.73 Å². The third-order valence-electron chi connectivity index (χ3n) is 3.80. The maximum atomic E-state index is 12.5. The Labute approximate surface area is 119 Å². The topological polar surface area (TPSA) is 26.0 Å². The van der Waals surface area contributed by atoms with E-state index in [1.165, 1.54) is 18.6 Å². The van der Waals surface area contributed by atoms with Gasteiger partial charge in [-0.2, -0.15) is 13.2 Å². The van der Waals surface area contributed by atoms with Crippen LogP contribution < -0.4 is 5.73 Å². The number of nitrogens with two attached hydrogens (primary N) is 1. The van der Waals surface area contributed by atoms with E-state index in [1.54, 1.807) is 0 Å². The molecule has 2 atom stereocenters. The molecule has 0 saturated heterocycles. The molecule has 0 aliphatic heterocycles. The summed E-state index contributed by atoms with van der Waals surface area (Å²) >= 11 is 0. The van der Waals surface area contributed by atoms with Gasteiger partial charge in [0.05, 0.1) is 5.56 Å². The third-order valence-corrected chi connectivity index (χ3v) is 3.80. The van der Waals surface area contributed by atoms with Crippen molar-refractivity contribution in [2.75, 3.05) is 0 Å². The number of halogens is 3. The molecule has 1 aromatic rings. The maximum Gasteiger partial charge on any atom is 0.416 e. The van der Waals surface area contributed by atoms with E-state index in [0.717, 1.165) is 43.4 Å². The van der Waals surface area contributed by atoms with Crippen LogP contribution in [0.15, 0.2) is 24.3 Å². The molecule has 0 saturated carbocycles. The predicted octanol–water partition coefficient (Wildman–Crippen LogP) is 5.31. The zero-order valence-electron chi connectivity index (χ0n) is 12.2. The second-order valence-corrected chi connectivity index (χ2v) is 5.38. The van der Waals surface area contributed by atoms with Crippen LogP contribution in [0, 0.1) is 5.92 Å². The summed E-state index contributed by atoms with van der Waals surface area (Å²) in [5, 5.41) is 0. The number of benzene rings is 1. The van der Waals surface area contributed by atoms with Crippen LogP contribution in [0.2, 0.25) is 0 Å². The summed E-state index contributed by atoms with van der Waals surface area (Å²) in [6, 6.07) is 5.05. The van der Waals surface area contributed by atoms with E-state index in [9.17, 15) is 13.2 Å². The minimum atomic E-state index is -4.28. The normalized spacial score (nSPS) is 15.1. The van der Waals surface area contributed by atoms with E-state index in [-0.39, 0.29) is 6.04 Å². The summed E-state index contributed by atoms with van der Waals surface area (Å²) in [6.45, 7) is 4.29. The Hall–Kier alpha value is -1.03. The Balaban J connectivity index is 2.65. The summed E-state index contributed by atoms with van der Waals surface area (Å²) < 4.78 is 37.5. The molecule has 2 unspecified atom stereocenters. The Morgan fingerprint density at radius 2 is 1.70 bits per heavy atom. The van der Waals surface area contributed by atoms with E-state index in [2.05, 4.69) is 13.8 Å². The van der Waals surface area contributed by atoms with Crippen molar-refractivity contribution in [3.05, 3.63) is 35.4 Å². The standard InChI is InChI=1S/C16H24F3N/c1-3-5-6-12(4-2)11-15(20)13-7-9-14(10-8-13)16(17,18)19/h7-10,12,15H,3-6,11,20H2,1-2H3. The lowest BCUT2D eigenvalue weighted by atomic mass is 9.89. The number of unbranched alkanes of at least 4 members (excludes halogenated alkanes) is 1. The van der Waals surface area contributed by atoms with Gasteiger partial charge >= 0.3 is 6.18 Å². The van der Waals surface area contributed by atoms with Gasteiger partial charge in [0.2, 0.25) is 0 Å². The van der Waals surface area contributed by atoms with Gasteiger partial charge in [0.1, 0.15) is 0 Å². The highest BCUT2D eigenvalue weighted by atomic mass is 19.4. The first-order valence-corrected chi connectivity index (χ1v) is 7.31. The monoisotopic (exact) mass is 287 g/mol. The Bertz CT molecular complexity index is 384. The van der Waals surface area contributed by atoms with E-state index in [4.69, 9.17) is 5.73 Å². The SMILES string of the molecule is CCCCC(CC)CC(N)c1ccc(C(F)(F)F)cc1. The summed E-state index contributed by atoms with van der Waals surface area (Å²) in [6.07, 6.45) is 1.09. The van der Waals surface area contributed by atoms with Crippen molar-refractivity contribution in [1.29, 1.82) is 0 Å². The fourth-order valence-corrected chi connectivity index (χ4v) is 2.40. The Kier molecular flexibility index (Phi) is 6.53. The van der Waals surface area contributed by atoms with Crippen molar-refractivity contribution in [1.82, 2.24) is 0 Å². The van der Waals surface area contributed by atoms with Crippen molar-refractivity contribution in [2.24, 2.45) is 11.7 Å². The van der Waals surface area contributed by atoms with Gasteiger partial charge in [-0.15, -0.1) is 0 Å². The molecule has 20 heavy (non-hydrogen) atoms. The van der Waals surface area contributed by atoms with Crippen molar-refractivity contribution < 1.29 is 13.2 Å². The van der Waals surface area contributed by atoms with Crippen LogP contribution in [0.5, 0.6) is 0 Å². The molecule has 4 heteroatoms. The molecule has 1 aromatic carbocycles. The highest BCUT2D eigenvalue weighted by Gasteiger charge is 2.30. The van der Waals surface area contributed by atoms with Gasteiger partial charge in [-0.25, -0.2) is 0 Å². The zero-order valence-corrected chi connectivity index (χ0v) is 12.2. The number of hydrogen-bond acceptors (Lipinski definition) is 1. The van der Waals surface area contributed by atoms with Crippen LogP contribution in [-0.2, 0) is 6.18 Å². The van der Waals surface area contributed by atoms with Crippen molar-refractivity contribution in [3.63, 3.8) is 0 Å². The molecule has 114 valence electrons. The van der Waals surface area contributed by atoms with Crippen LogP contribution in [-0.4, -0.2) is 0 Å². The summed E-state index contributed by atoms with van der Waals surface area (Å²) in [7, 11) is 0.